The molecular weight excluding hydrogens is 575 g/mol. The maximum absolute atomic E-state index is 14.3. The third-order valence-corrected chi connectivity index (χ3v) is 8.55. The van der Waals surface area contributed by atoms with Gasteiger partial charge in [0.25, 0.3) is 0 Å². The summed E-state index contributed by atoms with van der Waals surface area (Å²) in [7, 11) is -1.41. The van der Waals surface area contributed by atoms with E-state index in [1.165, 1.54) is 10.8 Å². The summed E-state index contributed by atoms with van der Waals surface area (Å²) in [5, 5.41) is 9.28. The van der Waals surface area contributed by atoms with E-state index in [0.29, 0.717) is 29.2 Å². The van der Waals surface area contributed by atoms with Crippen LogP contribution in [0.2, 0.25) is 25.7 Å². The highest BCUT2D eigenvalue weighted by Crippen LogP contribution is 2.40. The van der Waals surface area contributed by atoms with Crippen molar-refractivity contribution in [1.82, 2.24) is 14.5 Å². The molecule has 0 saturated carbocycles. The normalized spacial score (nSPS) is 12.4. The molecule has 2 aromatic heterocycles. The SMILES string of the molecule is CC(C)(COc1ccc(-c2ccc(-c3nc(C(F)(F)F)c(-c4ccccc4)n3COCC[Si](C)(C)C)cn2)cc1)C(=O)O. The Hall–Kier alpha value is -3.96. The number of carbonyl (C=O) groups is 1. The van der Waals surface area contributed by atoms with Crippen molar-refractivity contribution in [3.8, 4) is 39.7 Å². The summed E-state index contributed by atoms with van der Waals surface area (Å²) in [5.41, 5.74) is 0.102. The van der Waals surface area contributed by atoms with Crippen LogP contribution in [0.1, 0.15) is 19.5 Å². The van der Waals surface area contributed by atoms with Crippen LogP contribution in [0.15, 0.2) is 72.9 Å². The first kappa shape index (κ1) is 32.0. The van der Waals surface area contributed by atoms with Gasteiger partial charge in [0.2, 0.25) is 0 Å². The third-order valence-electron chi connectivity index (χ3n) is 6.85. The van der Waals surface area contributed by atoms with Crippen molar-refractivity contribution in [2.45, 2.75) is 52.4 Å². The Morgan fingerprint density at radius 2 is 1.58 bits per heavy atom. The fourth-order valence-corrected chi connectivity index (χ4v) is 4.92. The molecule has 0 saturated heterocycles. The molecule has 0 aliphatic heterocycles. The van der Waals surface area contributed by atoms with E-state index in [9.17, 15) is 23.1 Å². The number of benzene rings is 2. The number of nitrogens with zero attached hydrogens (tertiary/aromatic N) is 3. The van der Waals surface area contributed by atoms with Gasteiger partial charge in [-0.15, -0.1) is 0 Å². The van der Waals surface area contributed by atoms with Crippen molar-refractivity contribution < 1.29 is 32.5 Å². The average molecular weight is 612 g/mol. The molecular formula is C32H36F3N3O4Si. The van der Waals surface area contributed by atoms with Crippen molar-refractivity contribution in [3.63, 3.8) is 0 Å². The van der Waals surface area contributed by atoms with Gasteiger partial charge in [-0.25, -0.2) is 4.98 Å². The number of aromatic nitrogens is 3. The molecule has 0 amide bonds. The number of pyridine rings is 1. The highest BCUT2D eigenvalue weighted by Gasteiger charge is 2.39. The van der Waals surface area contributed by atoms with Gasteiger partial charge < -0.3 is 14.6 Å². The van der Waals surface area contributed by atoms with E-state index >= 15 is 0 Å². The summed E-state index contributed by atoms with van der Waals surface area (Å²) in [5.74, 6) is -0.326. The summed E-state index contributed by atoms with van der Waals surface area (Å²) in [6, 6.07) is 19.7. The van der Waals surface area contributed by atoms with Crippen LogP contribution in [0.4, 0.5) is 13.2 Å². The second-order valence-electron chi connectivity index (χ2n) is 12.2. The minimum atomic E-state index is -4.68. The molecule has 0 atom stereocenters. The number of alkyl halides is 3. The van der Waals surface area contributed by atoms with Gasteiger partial charge in [0, 0.05) is 37.6 Å². The quantitative estimate of drug-likeness (QED) is 0.129. The number of halogens is 3. The molecule has 1 N–H and O–H groups in total. The summed E-state index contributed by atoms with van der Waals surface area (Å²) in [6.07, 6.45) is -3.18. The molecule has 43 heavy (non-hydrogen) atoms. The highest BCUT2D eigenvalue weighted by molar-refractivity contribution is 6.76. The number of carboxylic acids is 1. The van der Waals surface area contributed by atoms with Crippen molar-refractivity contribution in [2.75, 3.05) is 13.2 Å². The standard InChI is InChI=1S/C32H36F3N3O4Si/c1-31(2,30(39)40)20-42-25-14-11-22(12-15-25)26-16-13-24(19-36-26)29-37-28(32(33,34)35)27(23-9-7-6-8-10-23)38(29)21-41-17-18-43(3,4)5/h6-16,19H,17-18,20-21H2,1-5H3,(H,39,40). The summed E-state index contributed by atoms with van der Waals surface area (Å²) in [4.78, 5) is 19.9. The number of carboxylic acid groups (broad SMARTS) is 1. The van der Waals surface area contributed by atoms with Crippen molar-refractivity contribution in [2.24, 2.45) is 5.41 Å². The Bertz CT molecular complexity index is 1530. The second kappa shape index (κ2) is 12.7. The number of ether oxygens (including phenoxy) is 2. The van der Waals surface area contributed by atoms with E-state index in [4.69, 9.17) is 9.47 Å². The van der Waals surface area contributed by atoms with Gasteiger partial charge in [-0.05, 0) is 56.3 Å². The average Bonchev–Trinajstić information content (AvgIpc) is 3.35. The molecule has 0 fully saturated rings. The lowest BCUT2D eigenvalue weighted by atomic mass is 9.95. The first-order valence-electron chi connectivity index (χ1n) is 13.9. The number of hydrogen-bond donors (Lipinski definition) is 1. The summed E-state index contributed by atoms with van der Waals surface area (Å²) < 4.78 is 55.9. The predicted octanol–water partition coefficient (Wildman–Crippen LogP) is 8.10. The van der Waals surface area contributed by atoms with E-state index in [1.807, 2.05) is 0 Å². The Morgan fingerprint density at radius 3 is 2.14 bits per heavy atom. The first-order valence-corrected chi connectivity index (χ1v) is 17.6. The van der Waals surface area contributed by atoms with E-state index in [0.717, 1.165) is 11.6 Å². The smallest absolute Gasteiger partial charge is 0.435 e. The van der Waals surface area contributed by atoms with Crippen molar-refractivity contribution in [1.29, 1.82) is 0 Å². The molecule has 0 radical (unpaired) electrons. The van der Waals surface area contributed by atoms with E-state index in [1.54, 1.807) is 80.6 Å². The number of hydrogen-bond acceptors (Lipinski definition) is 5. The Balaban J connectivity index is 1.65. The van der Waals surface area contributed by atoms with Crippen LogP contribution in [0.25, 0.3) is 33.9 Å². The summed E-state index contributed by atoms with van der Waals surface area (Å²) in [6.45, 7) is 10.2. The lowest BCUT2D eigenvalue weighted by molar-refractivity contribution is -0.148. The second-order valence-corrected chi connectivity index (χ2v) is 17.8. The number of aliphatic carboxylic acids is 1. The van der Waals surface area contributed by atoms with Crippen molar-refractivity contribution >= 4 is 14.0 Å². The molecule has 228 valence electrons. The third kappa shape index (κ3) is 8.11. The van der Waals surface area contributed by atoms with Crippen LogP contribution in [0.5, 0.6) is 5.75 Å². The monoisotopic (exact) mass is 611 g/mol. The zero-order chi connectivity index (χ0) is 31.4. The Labute approximate surface area is 250 Å². The van der Waals surface area contributed by atoms with Crippen LogP contribution in [-0.2, 0) is 22.4 Å². The predicted molar refractivity (Wildman–Crippen MR) is 162 cm³/mol. The van der Waals surface area contributed by atoms with Gasteiger partial charge in [0.1, 0.15) is 24.9 Å². The highest BCUT2D eigenvalue weighted by atomic mass is 28.3. The van der Waals surface area contributed by atoms with Gasteiger partial charge in [0.15, 0.2) is 5.69 Å². The number of rotatable bonds is 12. The number of imidazole rings is 1. The van der Waals surface area contributed by atoms with Gasteiger partial charge in [0.05, 0.1) is 16.8 Å². The van der Waals surface area contributed by atoms with E-state index in [-0.39, 0.29) is 24.9 Å². The van der Waals surface area contributed by atoms with Crippen LogP contribution < -0.4 is 4.74 Å². The molecule has 0 aliphatic carbocycles. The van der Waals surface area contributed by atoms with Crippen molar-refractivity contribution in [3.05, 3.63) is 78.6 Å². The lowest BCUT2D eigenvalue weighted by Crippen LogP contribution is -2.30. The topological polar surface area (TPSA) is 86.5 Å². The zero-order valence-electron chi connectivity index (χ0n) is 24.9. The molecule has 2 aromatic carbocycles. The van der Waals surface area contributed by atoms with Crippen LogP contribution in [0, 0.1) is 5.41 Å². The minimum Gasteiger partial charge on any atom is -0.492 e. The van der Waals surface area contributed by atoms with Crippen LogP contribution in [-0.4, -0.2) is 46.9 Å². The van der Waals surface area contributed by atoms with Crippen LogP contribution in [0.3, 0.4) is 0 Å². The minimum absolute atomic E-state index is 0.00795. The fraction of sp³-hybridized carbons (Fsp3) is 0.344. The molecule has 11 heteroatoms. The summed E-state index contributed by atoms with van der Waals surface area (Å²) >= 11 is 0. The maximum Gasteiger partial charge on any atom is 0.435 e. The fourth-order valence-electron chi connectivity index (χ4n) is 4.16. The van der Waals surface area contributed by atoms with E-state index in [2.05, 4.69) is 29.6 Å². The van der Waals surface area contributed by atoms with Gasteiger partial charge in [-0.1, -0.05) is 50.0 Å². The largest absolute Gasteiger partial charge is 0.492 e. The molecule has 4 aromatic rings. The first-order chi connectivity index (χ1) is 20.2. The molecule has 0 spiro atoms. The molecule has 4 rings (SSSR count). The van der Waals surface area contributed by atoms with Gasteiger partial charge >= 0.3 is 12.1 Å². The zero-order valence-corrected chi connectivity index (χ0v) is 25.9. The Morgan fingerprint density at radius 1 is 0.930 bits per heavy atom. The lowest BCUT2D eigenvalue weighted by Gasteiger charge is -2.19. The molecule has 0 aliphatic rings. The van der Waals surface area contributed by atoms with E-state index < -0.39 is 31.3 Å². The van der Waals surface area contributed by atoms with Crippen LogP contribution >= 0.6 is 0 Å². The molecule has 2 heterocycles. The molecule has 7 nitrogen and oxygen atoms in total. The molecule has 0 bridgehead atoms. The Kier molecular flexibility index (Phi) is 9.46. The van der Waals surface area contributed by atoms with Gasteiger partial charge in [-0.3, -0.25) is 14.3 Å². The molecule has 0 unspecified atom stereocenters. The maximum atomic E-state index is 14.3. The van der Waals surface area contributed by atoms with Gasteiger partial charge in [-0.2, -0.15) is 13.2 Å².